The summed E-state index contributed by atoms with van der Waals surface area (Å²) in [5, 5.41) is 8.66. The van der Waals surface area contributed by atoms with Crippen LogP contribution in [0.5, 0.6) is 0 Å². The first kappa shape index (κ1) is 13.9. The molecular weight excluding hydrogens is 264 g/mol. The van der Waals surface area contributed by atoms with Crippen molar-refractivity contribution >= 4 is 10.0 Å². The molecule has 0 aliphatic carbocycles. The SMILES string of the molecule is CC1CC(N)CN(S(=O)(=O)c2ccc(C#N)nc2)C1. The van der Waals surface area contributed by atoms with Crippen molar-refractivity contribution < 1.29 is 8.42 Å². The smallest absolute Gasteiger partial charge is 0.244 e. The van der Waals surface area contributed by atoms with Gasteiger partial charge in [-0.05, 0) is 24.5 Å². The average Bonchev–Trinajstić information content (AvgIpc) is 2.37. The topological polar surface area (TPSA) is 100 Å². The van der Waals surface area contributed by atoms with E-state index in [4.69, 9.17) is 11.0 Å². The molecule has 2 N–H and O–H groups in total. The van der Waals surface area contributed by atoms with Gasteiger partial charge in [-0.25, -0.2) is 13.4 Å². The Morgan fingerprint density at radius 1 is 1.47 bits per heavy atom. The molecule has 0 aromatic carbocycles. The summed E-state index contributed by atoms with van der Waals surface area (Å²) in [4.78, 5) is 3.90. The largest absolute Gasteiger partial charge is 0.326 e. The number of rotatable bonds is 2. The van der Waals surface area contributed by atoms with Gasteiger partial charge in [-0.15, -0.1) is 0 Å². The molecule has 1 aliphatic heterocycles. The Balaban J connectivity index is 2.28. The molecular formula is C12H16N4O2S. The maximum Gasteiger partial charge on any atom is 0.244 e. The van der Waals surface area contributed by atoms with Gasteiger partial charge in [0.05, 0.1) is 0 Å². The highest BCUT2D eigenvalue weighted by Crippen LogP contribution is 2.22. The number of nitriles is 1. The van der Waals surface area contributed by atoms with Crippen LogP contribution in [-0.4, -0.2) is 36.8 Å². The summed E-state index contributed by atoms with van der Waals surface area (Å²) in [5.74, 6) is 0.241. The molecule has 6 nitrogen and oxygen atoms in total. The molecule has 0 amide bonds. The van der Waals surface area contributed by atoms with Crippen LogP contribution in [0.25, 0.3) is 0 Å². The third kappa shape index (κ3) is 2.92. The third-order valence-electron chi connectivity index (χ3n) is 3.15. The van der Waals surface area contributed by atoms with E-state index in [0.29, 0.717) is 13.1 Å². The van der Waals surface area contributed by atoms with Crippen LogP contribution in [0.1, 0.15) is 19.0 Å². The number of hydrogen-bond acceptors (Lipinski definition) is 5. The number of hydrogen-bond donors (Lipinski definition) is 1. The zero-order chi connectivity index (χ0) is 14.0. The minimum absolute atomic E-state index is 0.104. The van der Waals surface area contributed by atoms with E-state index in [9.17, 15) is 8.42 Å². The van der Waals surface area contributed by atoms with Gasteiger partial charge in [0.2, 0.25) is 10.0 Å². The van der Waals surface area contributed by atoms with Crippen molar-refractivity contribution in [1.29, 1.82) is 5.26 Å². The number of piperidine rings is 1. The highest BCUT2D eigenvalue weighted by molar-refractivity contribution is 7.89. The van der Waals surface area contributed by atoms with Crippen LogP contribution in [0, 0.1) is 17.2 Å². The van der Waals surface area contributed by atoms with Crippen molar-refractivity contribution in [3.63, 3.8) is 0 Å². The Bertz CT molecular complexity index is 581. The van der Waals surface area contributed by atoms with Gasteiger partial charge in [0.25, 0.3) is 0 Å². The molecule has 0 bridgehead atoms. The van der Waals surface area contributed by atoms with E-state index >= 15 is 0 Å². The molecule has 2 unspecified atom stereocenters. The zero-order valence-electron chi connectivity index (χ0n) is 10.7. The van der Waals surface area contributed by atoms with Crippen LogP contribution in [0.15, 0.2) is 23.2 Å². The standard InChI is InChI=1S/C12H16N4O2S/c1-9-4-10(14)8-16(7-9)19(17,18)12-3-2-11(5-13)15-6-12/h2-3,6,9-10H,4,7-8,14H2,1H3. The second-order valence-electron chi connectivity index (χ2n) is 4.91. The maximum absolute atomic E-state index is 12.4. The van der Waals surface area contributed by atoms with Gasteiger partial charge in [0, 0.05) is 25.3 Å². The number of nitrogens with zero attached hydrogens (tertiary/aromatic N) is 3. The van der Waals surface area contributed by atoms with Gasteiger partial charge in [0.1, 0.15) is 16.7 Å². The van der Waals surface area contributed by atoms with Crippen molar-refractivity contribution in [1.82, 2.24) is 9.29 Å². The highest BCUT2D eigenvalue weighted by atomic mass is 32.2. The van der Waals surface area contributed by atoms with Crippen LogP contribution in [0.2, 0.25) is 0 Å². The molecule has 1 aliphatic rings. The van der Waals surface area contributed by atoms with Gasteiger partial charge < -0.3 is 5.73 Å². The van der Waals surface area contributed by atoms with Gasteiger partial charge in [-0.3, -0.25) is 0 Å². The van der Waals surface area contributed by atoms with Crippen LogP contribution in [0.3, 0.4) is 0 Å². The summed E-state index contributed by atoms with van der Waals surface area (Å²) >= 11 is 0. The maximum atomic E-state index is 12.4. The lowest BCUT2D eigenvalue weighted by atomic mass is 9.99. The molecule has 2 atom stereocenters. The van der Waals surface area contributed by atoms with Crippen LogP contribution >= 0.6 is 0 Å². The fraction of sp³-hybridized carbons (Fsp3) is 0.500. The summed E-state index contributed by atoms with van der Waals surface area (Å²) in [6, 6.07) is 4.54. The predicted octanol–water partition coefficient (Wildman–Crippen LogP) is 0.311. The Hall–Kier alpha value is -1.49. The first-order valence-electron chi connectivity index (χ1n) is 6.05. The van der Waals surface area contributed by atoms with Crippen molar-refractivity contribution in [3.8, 4) is 6.07 Å². The lowest BCUT2D eigenvalue weighted by Gasteiger charge is -2.33. The molecule has 7 heteroatoms. The van der Waals surface area contributed by atoms with E-state index in [1.165, 1.54) is 22.6 Å². The summed E-state index contributed by atoms with van der Waals surface area (Å²) in [5.41, 5.74) is 6.07. The average molecular weight is 280 g/mol. The highest BCUT2D eigenvalue weighted by Gasteiger charge is 2.32. The summed E-state index contributed by atoms with van der Waals surface area (Å²) in [6.45, 7) is 2.78. The molecule has 0 spiro atoms. The van der Waals surface area contributed by atoms with E-state index in [-0.39, 0.29) is 22.5 Å². The molecule has 2 rings (SSSR count). The van der Waals surface area contributed by atoms with Gasteiger partial charge in [0.15, 0.2) is 0 Å². The zero-order valence-corrected chi connectivity index (χ0v) is 11.5. The number of nitrogens with two attached hydrogens (primary N) is 1. The summed E-state index contributed by atoms with van der Waals surface area (Å²) in [6.07, 6.45) is 2.05. The number of aromatic nitrogens is 1. The fourth-order valence-corrected chi connectivity index (χ4v) is 3.86. The molecule has 1 aromatic heterocycles. The van der Waals surface area contributed by atoms with E-state index in [0.717, 1.165) is 6.42 Å². The van der Waals surface area contributed by atoms with E-state index < -0.39 is 10.0 Å². The van der Waals surface area contributed by atoms with E-state index in [2.05, 4.69) is 4.98 Å². The molecule has 102 valence electrons. The van der Waals surface area contributed by atoms with Crippen LogP contribution in [0.4, 0.5) is 0 Å². The molecule has 0 radical (unpaired) electrons. The predicted molar refractivity (Wildman–Crippen MR) is 69.5 cm³/mol. The normalized spacial score (nSPS) is 24.9. The minimum Gasteiger partial charge on any atom is -0.326 e. The van der Waals surface area contributed by atoms with E-state index in [1.807, 2.05) is 13.0 Å². The molecule has 1 aromatic rings. The Labute approximate surface area is 112 Å². The van der Waals surface area contributed by atoms with Crippen molar-refractivity contribution in [2.45, 2.75) is 24.3 Å². The molecule has 0 saturated carbocycles. The van der Waals surface area contributed by atoms with Gasteiger partial charge in [-0.2, -0.15) is 9.57 Å². The van der Waals surface area contributed by atoms with Crippen molar-refractivity contribution in [2.24, 2.45) is 11.7 Å². The number of pyridine rings is 1. The van der Waals surface area contributed by atoms with E-state index in [1.54, 1.807) is 0 Å². The Morgan fingerprint density at radius 2 is 2.21 bits per heavy atom. The second kappa shape index (κ2) is 5.25. The lowest BCUT2D eigenvalue weighted by Crippen LogP contribution is -2.48. The first-order valence-corrected chi connectivity index (χ1v) is 7.49. The Morgan fingerprint density at radius 3 is 2.74 bits per heavy atom. The quantitative estimate of drug-likeness (QED) is 0.840. The Kier molecular flexibility index (Phi) is 3.85. The second-order valence-corrected chi connectivity index (χ2v) is 6.85. The summed E-state index contributed by atoms with van der Waals surface area (Å²) < 4.78 is 26.2. The fourth-order valence-electron chi connectivity index (χ4n) is 2.29. The van der Waals surface area contributed by atoms with Crippen molar-refractivity contribution in [3.05, 3.63) is 24.0 Å². The van der Waals surface area contributed by atoms with Crippen LogP contribution < -0.4 is 5.73 Å². The van der Waals surface area contributed by atoms with Crippen molar-refractivity contribution in [2.75, 3.05) is 13.1 Å². The monoisotopic (exact) mass is 280 g/mol. The van der Waals surface area contributed by atoms with Gasteiger partial charge in [-0.1, -0.05) is 6.92 Å². The number of sulfonamides is 1. The van der Waals surface area contributed by atoms with Crippen LogP contribution in [-0.2, 0) is 10.0 Å². The molecule has 1 fully saturated rings. The lowest BCUT2D eigenvalue weighted by molar-refractivity contribution is 0.254. The molecule has 2 heterocycles. The first-order chi connectivity index (χ1) is 8.93. The van der Waals surface area contributed by atoms with Gasteiger partial charge >= 0.3 is 0 Å². The molecule has 1 saturated heterocycles. The minimum atomic E-state index is -3.57. The molecule has 19 heavy (non-hydrogen) atoms. The summed E-state index contributed by atoms with van der Waals surface area (Å²) in [7, 11) is -3.57. The third-order valence-corrected chi connectivity index (χ3v) is 4.96.